The topological polar surface area (TPSA) is 66.2 Å². The molecular formula is MgNNdO3+4. The van der Waals surface area contributed by atoms with E-state index in [4.69, 9.17) is 15.3 Å². The molecule has 0 spiro atoms. The van der Waals surface area contributed by atoms with Crippen molar-refractivity contribution < 1.29 is 45.9 Å². The van der Waals surface area contributed by atoms with Gasteiger partial charge in [0, 0.05) is 0 Å². The van der Waals surface area contributed by atoms with Gasteiger partial charge >= 0.3 is 63.9 Å². The number of hydrogen-bond donors (Lipinski definition) is 0. The number of nitrogens with zero attached hydrogens (tertiary/aromatic N) is 1. The number of rotatable bonds is 0. The normalized spacial score (nSPS) is 4.00. The Balaban J connectivity index is -0.0000000450. The fraction of sp³-hybridized carbons (Fsp3) is 0. The van der Waals surface area contributed by atoms with Crippen molar-refractivity contribution in [3.8, 4) is 0 Å². The molecule has 0 aromatic carbocycles. The van der Waals surface area contributed by atoms with Crippen molar-refractivity contribution in [2.45, 2.75) is 0 Å². The van der Waals surface area contributed by atoms with E-state index >= 15 is 0 Å². The Morgan fingerprint density at radius 1 is 1.33 bits per heavy atom. The Kier molecular flexibility index (Phi) is 25.0. The second kappa shape index (κ2) is 9.58. The van der Waals surface area contributed by atoms with Gasteiger partial charge in [-0.2, -0.15) is 0 Å². The van der Waals surface area contributed by atoms with Crippen LogP contribution in [0, 0.1) is 56.2 Å². The second-order valence-electron chi connectivity index (χ2n) is 0.224. The molecule has 4 nitrogen and oxygen atoms in total. The maximum absolute atomic E-state index is 8.25. The molecule has 0 amide bonds. The van der Waals surface area contributed by atoms with Crippen molar-refractivity contribution in [2.75, 3.05) is 0 Å². The molecule has 0 rings (SSSR count). The molecule has 0 unspecified atom stereocenters. The average Bonchev–Trinajstić information content (AvgIpc) is 0.811. The van der Waals surface area contributed by atoms with Crippen LogP contribution < -0.4 is 0 Å². The van der Waals surface area contributed by atoms with Gasteiger partial charge in [0.15, 0.2) is 0 Å². The Bertz CT molecular complexity index is 33.8. The molecule has 0 N–H and O–H groups in total. The van der Waals surface area contributed by atoms with Gasteiger partial charge < -0.3 is 15.3 Å². The van der Waals surface area contributed by atoms with E-state index in [0.29, 0.717) is 0 Å². The summed E-state index contributed by atoms with van der Waals surface area (Å²) in [4.78, 5) is 8.25. The molecule has 0 heterocycles. The van der Waals surface area contributed by atoms with Gasteiger partial charge in [-0.15, -0.1) is 0 Å². The van der Waals surface area contributed by atoms with E-state index in [1.54, 1.807) is 0 Å². The van der Waals surface area contributed by atoms with Gasteiger partial charge in [0.25, 0.3) is 0 Å². The SMILES string of the molecule is O=[N+]([O-])[O-].[Mg+2].[Nd+3]. The zero-order valence-corrected chi connectivity index (χ0v) is 7.50. The molecule has 0 atom stereocenters. The summed E-state index contributed by atoms with van der Waals surface area (Å²) in [6.45, 7) is 0. The fourth-order valence-electron chi connectivity index (χ4n) is 0. The third kappa shape index (κ3) is 57.1. The van der Waals surface area contributed by atoms with Gasteiger partial charge in [0.05, 0.1) is 5.09 Å². The maximum atomic E-state index is 8.25. The second-order valence-corrected chi connectivity index (χ2v) is 0.224. The Labute approximate surface area is 83.1 Å². The van der Waals surface area contributed by atoms with E-state index in [1.165, 1.54) is 0 Å². The van der Waals surface area contributed by atoms with Crippen LogP contribution in [0.1, 0.15) is 0 Å². The largest absolute Gasteiger partial charge is 3.00 e. The summed E-state index contributed by atoms with van der Waals surface area (Å²) < 4.78 is 0. The van der Waals surface area contributed by atoms with Crippen molar-refractivity contribution in [2.24, 2.45) is 0 Å². The van der Waals surface area contributed by atoms with Crippen LogP contribution in [0.5, 0.6) is 0 Å². The Hall–Kier alpha value is 1.32. The summed E-state index contributed by atoms with van der Waals surface area (Å²) in [6.07, 6.45) is 0. The van der Waals surface area contributed by atoms with Crippen molar-refractivity contribution in [1.82, 2.24) is 0 Å². The van der Waals surface area contributed by atoms with Gasteiger partial charge in [0.1, 0.15) is 0 Å². The first-order chi connectivity index (χ1) is 1.73. The first kappa shape index (κ1) is 15.7. The van der Waals surface area contributed by atoms with Crippen LogP contribution in [0.25, 0.3) is 0 Å². The van der Waals surface area contributed by atoms with E-state index in [2.05, 4.69) is 0 Å². The van der Waals surface area contributed by atoms with Gasteiger partial charge in [-0.1, -0.05) is 0 Å². The molecule has 0 aliphatic carbocycles. The molecule has 0 aliphatic rings. The predicted molar refractivity (Wildman–Crippen MR) is 16.1 cm³/mol. The molecule has 0 bridgehead atoms. The monoisotopic (exact) mass is 228 g/mol. The summed E-state index contributed by atoms with van der Waals surface area (Å²) in [6, 6.07) is 0. The summed E-state index contributed by atoms with van der Waals surface area (Å²) in [5.41, 5.74) is 0. The summed E-state index contributed by atoms with van der Waals surface area (Å²) in [5.74, 6) is 0. The first-order valence-corrected chi connectivity index (χ1v) is 0.548. The van der Waals surface area contributed by atoms with Crippen molar-refractivity contribution >= 4 is 23.1 Å². The van der Waals surface area contributed by atoms with Gasteiger partial charge in [-0.05, 0) is 0 Å². The summed E-state index contributed by atoms with van der Waals surface area (Å²) >= 11 is 0. The Morgan fingerprint density at radius 3 is 1.33 bits per heavy atom. The third-order valence-electron chi connectivity index (χ3n) is 0. The molecule has 1 radical (unpaired) electrons. The molecule has 0 fully saturated rings. The van der Waals surface area contributed by atoms with Crippen LogP contribution in [0.4, 0.5) is 0 Å². The maximum Gasteiger partial charge on any atom is 3.00 e. The van der Waals surface area contributed by atoms with E-state index in [0.717, 1.165) is 0 Å². The minimum Gasteiger partial charge on any atom is -0.356 e. The third-order valence-corrected chi connectivity index (χ3v) is 0. The van der Waals surface area contributed by atoms with Crippen LogP contribution in [-0.2, 0) is 0 Å². The fourth-order valence-corrected chi connectivity index (χ4v) is 0. The zero-order valence-electron chi connectivity index (χ0n) is 2.88. The summed E-state index contributed by atoms with van der Waals surface area (Å²) in [5, 5.41) is 14.8. The standard InChI is InChI=1S/Mg.NO3.Nd/c;2-1(3)4;/q+2;-1;+3. The van der Waals surface area contributed by atoms with Crippen LogP contribution in [0.2, 0.25) is 0 Å². The molecule has 0 aromatic heterocycles. The van der Waals surface area contributed by atoms with Crippen molar-refractivity contribution in [3.63, 3.8) is 0 Å². The van der Waals surface area contributed by atoms with E-state index < -0.39 is 5.09 Å². The van der Waals surface area contributed by atoms with E-state index in [9.17, 15) is 0 Å². The molecule has 0 saturated heterocycles. The molecule has 0 aromatic rings. The van der Waals surface area contributed by atoms with Crippen molar-refractivity contribution in [3.05, 3.63) is 15.3 Å². The Morgan fingerprint density at radius 2 is 1.33 bits per heavy atom. The van der Waals surface area contributed by atoms with Crippen LogP contribution in [0.15, 0.2) is 0 Å². The predicted octanol–water partition coefficient (Wildman–Crippen LogP) is -0.620. The minimum absolute atomic E-state index is 0. The molecule has 0 saturated carbocycles. The molecule has 0 aliphatic heterocycles. The molecule has 25 valence electrons. The van der Waals surface area contributed by atoms with Crippen molar-refractivity contribution in [1.29, 1.82) is 0 Å². The van der Waals surface area contributed by atoms with Crippen LogP contribution >= 0.6 is 0 Å². The van der Waals surface area contributed by atoms with E-state index in [-0.39, 0.29) is 63.9 Å². The zero-order chi connectivity index (χ0) is 3.58. The quantitative estimate of drug-likeness (QED) is 0.316. The van der Waals surface area contributed by atoms with E-state index in [1.807, 2.05) is 0 Å². The molecular weight excluding hydrogens is 231 g/mol. The van der Waals surface area contributed by atoms with Gasteiger partial charge in [-0.25, -0.2) is 0 Å². The average molecular weight is 231 g/mol. The minimum atomic E-state index is -1.75. The summed E-state index contributed by atoms with van der Waals surface area (Å²) in [7, 11) is 0. The molecule has 6 heteroatoms. The van der Waals surface area contributed by atoms with Gasteiger partial charge in [-0.3, -0.25) is 0 Å². The number of hydrogen-bond acceptors (Lipinski definition) is 3. The van der Waals surface area contributed by atoms with Crippen LogP contribution in [0.3, 0.4) is 0 Å². The van der Waals surface area contributed by atoms with Crippen LogP contribution in [-0.4, -0.2) is 28.1 Å². The smallest absolute Gasteiger partial charge is 0.356 e. The first-order valence-electron chi connectivity index (χ1n) is 0.548. The molecule has 6 heavy (non-hydrogen) atoms. The van der Waals surface area contributed by atoms with Gasteiger partial charge in [0.2, 0.25) is 0 Å².